The molecular weight excluding hydrogens is 404 g/mol. The van der Waals surface area contributed by atoms with Crippen molar-refractivity contribution in [2.75, 3.05) is 37.7 Å². The molecule has 2 atom stereocenters. The highest BCUT2D eigenvalue weighted by Gasteiger charge is 2.35. The minimum absolute atomic E-state index is 0.0286. The van der Waals surface area contributed by atoms with Crippen molar-refractivity contribution in [3.8, 4) is 0 Å². The van der Waals surface area contributed by atoms with Crippen molar-refractivity contribution in [1.29, 1.82) is 0 Å². The van der Waals surface area contributed by atoms with Gasteiger partial charge in [-0.25, -0.2) is 0 Å². The normalized spacial score (nSPS) is 27.6. The number of fused-ring (bicyclic) bond motifs is 4. The Morgan fingerprint density at radius 1 is 1.03 bits per heavy atom. The molecule has 0 saturated carbocycles. The fraction of sp³-hybridized carbons (Fsp3) is 0.440. The number of rotatable bonds is 4. The van der Waals surface area contributed by atoms with Gasteiger partial charge in [0.25, 0.3) is 11.9 Å². The minimum Gasteiger partial charge on any atom is -0.423 e. The Morgan fingerprint density at radius 3 is 2.66 bits per heavy atom. The zero-order valence-corrected chi connectivity index (χ0v) is 18.1. The van der Waals surface area contributed by atoms with E-state index in [-0.39, 0.29) is 18.1 Å². The van der Waals surface area contributed by atoms with Crippen LogP contribution in [0.3, 0.4) is 0 Å². The lowest BCUT2D eigenvalue weighted by Crippen LogP contribution is -2.56. The molecule has 32 heavy (non-hydrogen) atoms. The van der Waals surface area contributed by atoms with E-state index in [1.165, 1.54) is 12.8 Å². The number of nitrogens with zero attached hydrogens (tertiary/aromatic N) is 3. The maximum Gasteiger partial charge on any atom is 0.299 e. The number of oxazole rings is 1. The van der Waals surface area contributed by atoms with E-state index in [0.29, 0.717) is 42.4 Å². The molecule has 4 fully saturated rings. The average molecular weight is 433 g/mol. The van der Waals surface area contributed by atoms with Gasteiger partial charge >= 0.3 is 0 Å². The van der Waals surface area contributed by atoms with E-state index in [1.54, 1.807) is 0 Å². The first-order valence-corrected chi connectivity index (χ1v) is 11.6. The van der Waals surface area contributed by atoms with Gasteiger partial charge in [-0.3, -0.25) is 9.69 Å². The number of benzene rings is 2. The molecule has 1 N–H and O–H groups in total. The van der Waals surface area contributed by atoms with Crippen LogP contribution in [0.5, 0.6) is 0 Å². The van der Waals surface area contributed by atoms with E-state index in [1.807, 2.05) is 36.4 Å². The summed E-state index contributed by atoms with van der Waals surface area (Å²) in [5.41, 5.74) is 2.99. The fourth-order valence-electron chi connectivity index (χ4n) is 5.37. The Kier molecular flexibility index (Phi) is 5.08. The number of nitrogens with one attached hydrogen (secondary N) is 1. The lowest BCUT2D eigenvalue weighted by molar-refractivity contribution is 0.0295. The van der Waals surface area contributed by atoms with E-state index in [9.17, 15) is 4.79 Å². The average Bonchev–Trinajstić information content (AvgIpc) is 3.30. The summed E-state index contributed by atoms with van der Waals surface area (Å²) in [7, 11) is 0. The van der Waals surface area contributed by atoms with Crippen molar-refractivity contribution in [3.63, 3.8) is 0 Å². The number of para-hydroxylation sites is 1. The molecule has 3 aromatic rings. The molecule has 4 aliphatic heterocycles. The van der Waals surface area contributed by atoms with Gasteiger partial charge < -0.3 is 19.4 Å². The molecule has 2 bridgehead atoms. The summed E-state index contributed by atoms with van der Waals surface area (Å²) >= 11 is 0. The Bertz CT molecular complexity index is 1110. The molecule has 166 valence electrons. The van der Waals surface area contributed by atoms with Crippen molar-refractivity contribution in [2.45, 2.75) is 31.5 Å². The van der Waals surface area contributed by atoms with Gasteiger partial charge in [-0.15, -0.1) is 0 Å². The van der Waals surface area contributed by atoms with Crippen LogP contribution in [0.4, 0.5) is 6.01 Å². The highest BCUT2D eigenvalue weighted by atomic mass is 16.5. The number of morpholine rings is 1. The van der Waals surface area contributed by atoms with Crippen LogP contribution in [0.2, 0.25) is 0 Å². The molecule has 0 aliphatic carbocycles. The molecule has 1 aromatic heterocycles. The van der Waals surface area contributed by atoms with Gasteiger partial charge in [0.05, 0.1) is 31.0 Å². The van der Waals surface area contributed by atoms with E-state index in [0.717, 1.165) is 31.0 Å². The van der Waals surface area contributed by atoms with Crippen LogP contribution in [0.15, 0.2) is 52.9 Å². The van der Waals surface area contributed by atoms with Crippen LogP contribution in [0.1, 0.15) is 41.2 Å². The molecule has 1 unspecified atom stereocenters. The molecule has 4 aliphatic rings. The number of amides is 1. The summed E-state index contributed by atoms with van der Waals surface area (Å²) in [6.07, 6.45) is 3.66. The summed E-state index contributed by atoms with van der Waals surface area (Å²) in [4.78, 5) is 22.6. The predicted molar refractivity (Wildman–Crippen MR) is 122 cm³/mol. The second-order valence-electron chi connectivity index (χ2n) is 9.05. The lowest BCUT2D eigenvalue weighted by atomic mass is 9.86. The number of hydrogen-bond acceptors (Lipinski definition) is 6. The van der Waals surface area contributed by atoms with Crippen LogP contribution >= 0.6 is 0 Å². The first-order chi connectivity index (χ1) is 15.8. The van der Waals surface area contributed by atoms with E-state index < -0.39 is 0 Å². The summed E-state index contributed by atoms with van der Waals surface area (Å²) in [5, 5.41) is 3.25. The van der Waals surface area contributed by atoms with Crippen molar-refractivity contribution in [3.05, 3.63) is 59.7 Å². The number of carbonyl (C=O) groups is 1. The highest BCUT2D eigenvalue weighted by molar-refractivity contribution is 6.04. The third-order valence-corrected chi connectivity index (χ3v) is 7.16. The quantitative estimate of drug-likeness (QED) is 0.680. The van der Waals surface area contributed by atoms with Crippen molar-refractivity contribution >= 4 is 23.0 Å². The zero-order chi connectivity index (χ0) is 21.5. The smallest absolute Gasteiger partial charge is 0.299 e. The summed E-state index contributed by atoms with van der Waals surface area (Å²) in [6.45, 7) is 4.03. The van der Waals surface area contributed by atoms with Gasteiger partial charge in [0.1, 0.15) is 5.52 Å². The molecule has 0 spiro atoms. The van der Waals surface area contributed by atoms with Crippen molar-refractivity contribution < 1.29 is 13.9 Å². The number of ether oxygens (including phenoxy) is 1. The van der Waals surface area contributed by atoms with Crippen LogP contribution in [0, 0.1) is 5.92 Å². The molecule has 7 heteroatoms. The minimum atomic E-state index is -0.0745. The maximum atomic E-state index is 13.2. The lowest BCUT2D eigenvalue weighted by Gasteiger charge is -2.45. The molecule has 7 nitrogen and oxygen atoms in total. The SMILES string of the molecule is O=C(N[C@@H]1CC2CCN1CC2)c1cccc2oc(N3CCOCC3c3ccccc3)nc12. The third kappa shape index (κ3) is 3.55. The number of piperidine rings is 3. The number of hydrogen-bond donors (Lipinski definition) is 1. The maximum absolute atomic E-state index is 13.2. The fourth-order valence-corrected chi connectivity index (χ4v) is 5.37. The first kappa shape index (κ1) is 19.8. The summed E-state index contributed by atoms with van der Waals surface area (Å²) < 4.78 is 11.9. The van der Waals surface area contributed by atoms with Gasteiger partial charge in [-0.05, 0) is 42.9 Å². The largest absolute Gasteiger partial charge is 0.423 e. The third-order valence-electron chi connectivity index (χ3n) is 7.16. The van der Waals surface area contributed by atoms with Gasteiger partial charge in [0.2, 0.25) is 0 Å². The van der Waals surface area contributed by atoms with Crippen LogP contribution < -0.4 is 10.2 Å². The molecule has 1 amide bonds. The van der Waals surface area contributed by atoms with Gasteiger partial charge in [-0.2, -0.15) is 4.98 Å². The van der Waals surface area contributed by atoms with Crippen LogP contribution in [-0.2, 0) is 4.74 Å². The van der Waals surface area contributed by atoms with Crippen LogP contribution in [-0.4, -0.2) is 54.8 Å². The van der Waals surface area contributed by atoms with Crippen LogP contribution in [0.25, 0.3) is 11.1 Å². The first-order valence-electron chi connectivity index (χ1n) is 11.6. The molecule has 0 radical (unpaired) electrons. The predicted octanol–water partition coefficient (Wildman–Crippen LogP) is 3.58. The highest BCUT2D eigenvalue weighted by Crippen LogP contribution is 2.33. The Morgan fingerprint density at radius 2 is 1.88 bits per heavy atom. The van der Waals surface area contributed by atoms with E-state index >= 15 is 0 Å². The number of aromatic nitrogens is 1. The van der Waals surface area contributed by atoms with E-state index in [2.05, 4.69) is 27.2 Å². The van der Waals surface area contributed by atoms with Gasteiger partial charge in [-0.1, -0.05) is 36.4 Å². The Hall–Kier alpha value is -2.90. The summed E-state index contributed by atoms with van der Waals surface area (Å²) in [6, 6.07) is 16.4. The Balaban J connectivity index is 1.29. The molecule has 4 saturated heterocycles. The standard InChI is InChI=1S/C25H28N4O3/c30-24(26-22-15-17-9-11-28(22)12-10-17)19-7-4-8-21-23(19)27-25(32-21)29-13-14-31-16-20(29)18-5-2-1-3-6-18/h1-8,17,20,22H,9-16H2,(H,26,30)/t20?,22-/m0/s1. The zero-order valence-electron chi connectivity index (χ0n) is 18.1. The number of anilines is 1. The Labute approximate surface area is 187 Å². The van der Waals surface area contributed by atoms with Crippen molar-refractivity contribution in [1.82, 2.24) is 15.2 Å². The molecule has 5 heterocycles. The van der Waals surface area contributed by atoms with E-state index in [4.69, 9.17) is 14.1 Å². The monoisotopic (exact) mass is 432 g/mol. The number of carbonyl (C=O) groups excluding carboxylic acids is 1. The van der Waals surface area contributed by atoms with Gasteiger partial charge in [0.15, 0.2) is 5.58 Å². The van der Waals surface area contributed by atoms with Gasteiger partial charge in [0, 0.05) is 19.6 Å². The second kappa shape index (κ2) is 8.22. The topological polar surface area (TPSA) is 70.8 Å². The second-order valence-corrected chi connectivity index (χ2v) is 9.05. The summed E-state index contributed by atoms with van der Waals surface area (Å²) in [5.74, 6) is 0.658. The molecule has 7 rings (SSSR count). The molecular formula is C25H28N4O3. The molecule has 2 aromatic carbocycles. The van der Waals surface area contributed by atoms with Crippen molar-refractivity contribution in [2.24, 2.45) is 5.92 Å².